The summed E-state index contributed by atoms with van der Waals surface area (Å²) >= 11 is 0. The fraction of sp³-hybridized carbons (Fsp3) is 0.583. The van der Waals surface area contributed by atoms with Crippen molar-refractivity contribution in [1.82, 2.24) is 9.13 Å². The molecular weight excluding hydrogens is 379 g/mol. The number of rotatable bonds is 6. The summed E-state index contributed by atoms with van der Waals surface area (Å²) in [7, 11) is -3.94. The smallest absolute Gasteiger partial charge is 0.365 e. The standard InChI is InChI=1S/C12H17N2O11P/c1-13-6(15)2-3-14(12(13)20)9-8(17)7(16)5(25-9)4-24-11(10(18)19)26(21,22)23/h2-3,5,7-9,11,16-17H,4H2,1H3,(H,18,19)(H2,21,22,23)/t5-,7-,8-,9-,11+/m1/s1. The van der Waals surface area contributed by atoms with E-state index in [1.165, 1.54) is 7.05 Å². The molecule has 146 valence electrons. The molecule has 1 aliphatic rings. The summed E-state index contributed by atoms with van der Waals surface area (Å²) in [5.41, 5.74) is -1.45. The Morgan fingerprint density at radius 3 is 2.50 bits per heavy atom. The van der Waals surface area contributed by atoms with Crippen molar-refractivity contribution < 1.29 is 43.9 Å². The number of ether oxygens (including phenoxy) is 2. The number of carbonyl (C=O) groups is 1. The molecule has 0 aliphatic carbocycles. The number of nitrogens with zero attached hydrogens (tertiary/aromatic N) is 2. The van der Waals surface area contributed by atoms with Gasteiger partial charge in [-0.1, -0.05) is 0 Å². The van der Waals surface area contributed by atoms with Gasteiger partial charge in [-0.05, 0) is 0 Å². The maximum absolute atomic E-state index is 12.1. The van der Waals surface area contributed by atoms with E-state index in [0.29, 0.717) is 0 Å². The fourth-order valence-electron chi connectivity index (χ4n) is 2.38. The minimum atomic E-state index is -5.13. The molecule has 13 nitrogen and oxygen atoms in total. The van der Waals surface area contributed by atoms with Gasteiger partial charge in [-0.2, -0.15) is 0 Å². The van der Waals surface area contributed by atoms with Crippen molar-refractivity contribution >= 4 is 13.6 Å². The quantitative estimate of drug-likeness (QED) is 0.303. The van der Waals surface area contributed by atoms with Gasteiger partial charge in [0.1, 0.15) is 18.3 Å². The Morgan fingerprint density at radius 1 is 1.35 bits per heavy atom. The van der Waals surface area contributed by atoms with Crippen LogP contribution in [0.15, 0.2) is 21.9 Å². The summed E-state index contributed by atoms with van der Waals surface area (Å²) in [5, 5.41) is 28.8. The number of hydrogen-bond acceptors (Lipinski definition) is 8. The van der Waals surface area contributed by atoms with E-state index in [0.717, 1.165) is 21.4 Å². The predicted octanol–water partition coefficient (Wildman–Crippen LogP) is -3.23. The number of carboxylic acids is 1. The van der Waals surface area contributed by atoms with Gasteiger partial charge in [0.2, 0.25) is 0 Å². The van der Waals surface area contributed by atoms with Gasteiger partial charge in [-0.3, -0.25) is 18.5 Å². The van der Waals surface area contributed by atoms with Gasteiger partial charge in [0.15, 0.2) is 6.23 Å². The van der Waals surface area contributed by atoms with Crippen LogP contribution in [0, 0.1) is 0 Å². The lowest BCUT2D eigenvalue weighted by Gasteiger charge is -2.19. The highest BCUT2D eigenvalue weighted by Crippen LogP contribution is 2.42. The summed E-state index contributed by atoms with van der Waals surface area (Å²) in [4.78, 5) is 52.2. The highest BCUT2D eigenvalue weighted by molar-refractivity contribution is 7.53. The molecule has 2 rings (SSSR count). The van der Waals surface area contributed by atoms with Gasteiger partial charge in [0, 0.05) is 19.3 Å². The number of carboxylic acid groups (broad SMARTS) is 1. The van der Waals surface area contributed by atoms with Gasteiger partial charge in [0.05, 0.1) is 6.61 Å². The number of aliphatic carboxylic acids is 1. The average Bonchev–Trinajstić information content (AvgIpc) is 2.80. The normalized spacial score (nSPS) is 27.4. The lowest BCUT2D eigenvalue weighted by Crippen LogP contribution is -2.41. The average molecular weight is 396 g/mol. The minimum absolute atomic E-state index is 0.606. The third kappa shape index (κ3) is 3.94. The van der Waals surface area contributed by atoms with Crippen molar-refractivity contribution in [2.45, 2.75) is 30.4 Å². The molecule has 5 N–H and O–H groups in total. The zero-order valence-corrected chi connectivity index (χ0v) is 14.2. The monoisotopic (exact) mass is 396 g/mol. The van der Waals surface area contributed by atoms with E-state index in [-0.39, 0.29) is 0 Å². The third-order valence-electron chi connectivity index (χ3n) is 3.76. The van der Waals surface area contributed by atoms with Crippen LogP contribution in [0.2, 0.25) is 0 Å². The van der Waals surface area contributed by atoms with Crippen LogP contribution in [0.25, 0.3) is 0 Å². The molecule has 14 heteroatoms. The van der Waals surface area contributed by atoms with Gasteiger partial charge >= 0.3 is 19.3 Å². The predicted molar refractivity (Wildman–Crippen MR) is 81.3 cm³/mol. The van der Waals surface area contributed by atoms with E-state index in [1.54, 1.807) is 0 Å². The molecule has 1 aliphatic heterocycles. The molecule has 5 atom stereocenters. The van der Waals surface area contributed by atoms with E-state index in [4.69, 9.17) is 19.6 Å². The summed E-state index contributed by atoms with van der Waals surface area (Å²) in [6.07, 6.45) is -5.04. The zero-order chi connectivity index (χ0) is 19.8. The molecule has 1 aromatic rings. The van der Waals surface area contributed by atoms with Gasteiger partial charge in [-0.15, -0.1) is 0 Å². The molecular formula is C12H17N2O11P. The van der Waals surface area contributed by atoms with Crippen molar-refractivity contribution in [2.75, 3.05) is 6.61 Å². The van der Waals surface area contributed by atoms with Crippen LogP contribution in [-0.2, 0) is 25.9 Å². The Bertz CT molecular complexity index is 842. The molecule has 26 heavy (non-hydrogen) atoms. The first-order valence-electron chi connectivity index (χ1n) is 7.14. The number of aliphatic hydroxyl groups excluding tert-OH is 2. The molecule has 0 radical (unpaired) electrons. The van der Waals surface area contributed by atoms with E-state index in [9.17, 15) is 29.2 Å². The lowest BCUT2D eigenvalue weighted by atomic mass is 10.1. The fourth-order valence-corrected chi connectivity index (χ4v) is 2.94. The van der Waals surface area contributed by atoms with E-state index < -0.39 is 61.8 Å². The Hall–Kier alpha value is -1.86. The molecule has 1 aromatic heterocycles. The number of aromatic nitrogens is 2. The third-order valence-corrected chi connectivity index (χ3v) is 4.74. The second-order valence-corrected chi connectivity index (χ2v) is 7.21. The van der Waals surface area contributed by atoms with E-state index in [2.05, 4.69) is 4.74 Å². The topological polar surface area (TPSA) is 198 Å². The van der Waals surface area contributed by atoms with Gasteiger partial charge < -0.3 is 34.6 Å². The van der Waals surface area contributed by atoms with Gasteiger partial charge in [-0.25, -0.2) is 9.59 Å². The van der Waals surface area contributed by atoms with E-state index >= 15 is 0 Å². The Balaban J connectivity index is 2.19. The first kappa shape index (κ1) is 20.5. The van der Waals surface area contributed by atoms with Crippen LogP contribution in [0.1, 0.15) is 6.23 Å². The van der Waals surface area contributed by atoms with Crippen LogP contribution in [0.3, 0.4) is 0 Å². The van der Waals surface area contributed by atoms with Crippen molar-refractivity contribution in [3.05, 3.63) is 33.1 Å². The van der Waals surface area contributed by atoms with Crippen LogP contribution < -0.4 is 11.2 Å². The second-order valence-electron chi connectivity index (χ2n) is 5.56. The molecule has 0 unspecified atom stereocenters. The van der Waals surface area contributed by atoms with Crippen molar-refractivity contribution in [2.24, 2.45) is 7.05 Å². The summed E-state index contributed by atoms with van der Waals surface area (Å²) < 4.78 is 22.6. The maximum atomic E-state index is 12.1. The molecule has 0 saturated carbocycles. The van der Waals surface area contributed by atoms with E-state index in [1.807, 2.05) is 0 Å². The molecule has 0 amide bonds. The summed E-state index contributed by atoms with van der Waals surface area (Å²) in [6.45, 7) is -0.780. The Morgan fingerprint density at radius 2 is 1.96 bits per heavy atom. The van der Waals surface area contributed by atoms with Crippen LogP contribution in [0.4, 0.5) is 0 Å². The summed E-state index contributed by atoms with van der Waals surface area (Å²) in [5.74, 6) is -4.40. The number of hydrogen-bond donors (Lipinski definition) is 5. The largest absolute Gasteiger partial charge is 0.479 e. The highest BCUT2D eigenvalue weighted by atomic mass is 31.2. The SMILES string of the molecule is Cn1c(=O)ccn([C@@H]2O[C@H](CO[C@H](C(=O)O)P(=O)(O)O)[C@@H](O)[C@H]2O)c1=O. The first-order chi connectivity index (χ1) is 11.9. The van der Waals surface area contributed by atoms with Crippen LogP contribution >= 0.6 is 7.60 Å². The zero-order valence-electron chi connectivity index (χ0n) is 13.3. The van der Waals surface area contributed by atoms with Gasteiger partial charge in [0.25, 0.3) is 11.4 Å². The molecule has 1 fully saturated rings. The van der Waals surface area contributed by atoms with Crippen LogP contribution in [0.5, 0.6) is 0 Å². The Labute approximate surface area is 144 Å². The first-order valence-corrected chi connectivity index (χ1v) is 8.82. The van der Waals surface area contributed by atoms with Crippen molar-refractivity contribution in [3.63, 3.8) is 0 Å². The molecule has 0 spiro atoms. The maximum Gasteiger partial charge on any atom is 0.365 e. The molecule has 2 heterocycles. The highest BCUT2D eigenvalue weighted by Gasteiger charge is 2.46. The van der Waals surface area contributed by atoms with Crippen molar-refractivity contribution in [3.8, 4) is 0 Å². The van der Waals surface area contributed by atoms with Crippen LogP contribution in [-0.4, -0.2) is 71.0 Å². The number of aliphatic hydroxyl groups is 2. The molecule has 1 saturated heterocycles. The second kappa shape index (κ2) is 7.40. The summed E-state index contributed by atoms with van der Waals surface area (Å²) in [6, 6.07) is 1.03. The van der Waals surface area contributed by atoms with Crippen molar-refractivity contribution in [1.29, 1.82) is 0 Å². The Kier molecular flexibility index (Phi) is 5.82. The molecule has 0 bridgehead atoms. The minimum Gasteiger partial charge on any atom is -0.479 e. The molecule has 0 aromatic carbocycles. The lowest BCUT2D eigenvalue weighted by molar-refractivity contribution is -0.149.